The number of halogens is 2. The van der Waals surface area contributed by atoms with Gasteiger partial charge in [0.05, 0.1) is 5.02 Å². The van der Waals surface area contributed by atoms with E-state index in [0.29, 0.717) is 0 Å². The zero-order valence-corrected chi connectivity index (χ0v) is 12.6. The lowest BCUT2D eigenvalue weighted by atomic mass is 10.4. The lowest BCUT2D eigenvalue weighted by Crippen LogP contribution is -2.14. The number of fused-ring (bicyclic) bond motifs is 1. The molecule has 0 aliphatic carbocycles. The number of hydrogen-bond acceptors (Lipinski definition) is 5. The maximum absolute atomic E-state index is 12.3. The Kier molecular flexibility index (Phi) is 3.44. The van der Waals surface area contributed by atoms with Gasteiger partial charge in [0, 0.05) is 17.4 Å². The molecule has 0 amide bonds. The predicted molar refractivity (Wildman–Crippen MR) is 78.1 cm³/mol. The van der Waals surface area contributed by atoms with Gasteiger partial charge in [-0.15, -0.1) is 5.10 Å². The van der Waals surface area contributed by atoms with Crippen molar-refractivity contribution in [2.75, 3.05) is 4.72 Å². The average Bonchev–Trinajstić information content (AvgIpc) is 2.82. The maximum atomic E-state index is 12.3. The Balaban J connectivity index is 2.01. The number of anilines is 1. The molecule has 0 fully saturated rings. The summed E-state index contributed by atoms with van der Waals surface area (Å²) >= 11 is 11.7. The minimum absolute atomic E-state index is 0.0498. The zero-order chi connectivity index (χ0) is 15.0. The molecule has 0 bridgehead atoms. The molecule has 3 rings (SSSR count). The fourth-order valence-electron chi connectivity index (χ4n) is 1.63. The van der Waals surface area contributed by atoms with E-state index in [9.17, 15) is 8.42 Å². The van der Waals surface area contributed by atoms with Gasteiger partial charge >= 0.3 is 0 Å². The summed E-state index contributed by atoms with van der Waals surface area (Å²) in [4.78, 5) is 7.74. The second kappa shape index (κ2) is 5.14. The molecule has 1 N–H and O–H groups in total. The number of hydrogen-bond donors (Lipinski definition) is 1. The molecular formula is C11H7Cl2N5O2S. The van der Waals surface area contributed by atoms with Crippen molar-refractivity contribution >= 4 is 45.0 Å². The molecule has 0 unspecified atom stereocenters. The van der Waals surface area contributed by atoms with Crippen molar-refractivity contribution in [1.82, 2.24) is 19.6 Å². The minimum Gasteiger partial charge on any atom is -0.246 e. The van der Waals surface area contributed by atoms with Crippen molar-refractivity contribution in [1.29, 1.82) is 0 Å². The molecule has 0 aliphatic rings. The van der Waals surface area contributed by atoms with Crippen LogP contribution < -0.4 is 4.72 Å². The fraction of sp³-hybridized carbons (Fsp3) is 0. The molecule has 0 saturated carbocycles. The van der Waals surface area contributed by atoms with Gasteiger partial charge in [0.25, 0.3) is 21.7 Å². The first kappa shape index (κ1) is 14.1. The number of benzene rings is 1. The predicted octanol–water partition coefficient (Wildman–Crippen LogP) is 2.23. The molecule has 0 radical (unpaired) electrons. The van der Waals surface area contributed by atoms with E-state index in [0.717, 1.165) is 0 Å². The largest absolute Gasteiger partial charge is 0.265 e. The minimum atomic E-state index is -3.95. The Morgan fingerprint density at radius 1 is 1.24 bits per heavy atom. The van der Waals surface area contributed by atoms with Crippen LogP contribution in [0, 0.1) is 0 Å². The molecule has 0 saturated heterocycles. The third-order valence-corrected chi connectivity index (χ3v) is 4.57. The highest BCUT2D eigenvalue weighted by Gasteiger charge is 2.20. The van der Waals surface area contributed by atoms with Crippen LogP contribution in [0.15, 0.2) is 41.6 Å². The summed E-state index contributed by atoms with van der Waals surface area (Å²) in [6, 6.07) is 5.79. The maximum Gasteiger partial charge on any atom is 0.265 e. The Morgan fingerprint density at radius 3 is 2.81 bits per heavy atom. The Bertz CT molecular complexity index is 892. The van der Waals surface area contributed by atoms with Crippen molar-refractivity contribution in [2.45, 2.75) is 4.90 Å². The van der Waals surface area contributed by atoms with Gasteiger partial charge in [-0.3, -0.25) is 0 Å². The molecule has 0 spiro atoms. The summed E-state index contributed by atoms with van der Waals surface area (Å²) in [5, 5.41) is 4.26. The molecule has 10 heteroatoms. The quantitative estimate of drug-likeness (QED) is 0.787. The SMILES string of the molecule is O=S(=O)(Nc1nc2ncccn2n1)c1cc(Cl)ccc1Cl. The molecule has 0 aliphatic heterocycles. The first-order valence-electron chi connectivity index (χ1n) is 5.61. The third kappa shape index (κ3) is 2.78. The Morgan fingerprint density at radius 2 is 2.05 bits per heavy atom. The second-order valence-corrected chi connectivity index (χ2v) is 6.47. The van der Waals surface area contributed by atoms with E-state index in [4.69, 9.17) is 23.2 Å². The van der Waals surface area contributed by atoms with Crippen LogP contribution in [0.5, 0.6) is 0 Å². The normalized spacial score (nSPS) is 11.7. The van der Waals surface area contributed by atoms with Crippen LogP contribution in [0.25, 0.3) is 5.78 Å². The summed E-state index contributed by atoms with van der Waals surface area (Å²) in [7, 11) is -3.95. The van der Waals surface area contributed by atoms with E-state index in [1.54, 1.807) is 12.3 Å². The van der Waals surface area contributed by atoms with Crippen LogP contribution in [-0.4, -0.2) is 28.0 Å². The first-order chi connectivity index (χ1) is 9.95. The fourth-order valence-corrected chi connectivity index (χ4v) is 3.34. The van der Waals surface area contributed by atoms with Gasteiger partial charge < -0.3 is 0 Å². The van der Waals surface area contributed by atoms with Gasteiger partial charge in [-0.05, 0) is 24.3 Å². The smallest absolute Gasteiger partial charge is 0.246 e. The highest BCUT2D eigenvalue weighted by Crippen LogP contribution is 2.26. The topological polar surface area (TPSA) is 89.2 Å². The molecule has 108 valence electrons. The van der Waals surface area contributed by atoms with Gasteiger partial charge in [0.15, 0.2) is 0 Å². The summed E-state index contributed by atoms with van der Waals surface area (Å²) in [5.74, 6) is 0.164. The number of nitrogens with zero attached hydrogens (tertiary/aromatic N) is 4. The van der Waals surface area contributed by atoms with Gasteiger partial charge in [-0.25, -0.2) is 22.6 Å². The van der Waals surface area contributed by atoms with Gasteiger partial charge in [0.2, 0.25) is 0 Å². The first-order valence-corrected chi connectivity index (χ1v) is 7.85. The van der Waals surface area contributed by atoms with Crippen LogP contribution in [-0.2, 0) is 10.0 Å². The van der Waals surface area contributed by atoms with Crippen molar-refractivity contribution in [3.63, 3.8) is 0 Å². The van der Waals surface area contributed by atoms with Crippen molar-refractivity contribution in [3.05, 3.63) is 46.7 Å². The van der Waals surface area contributed by atoms with Gasteiger partial charge in [-0.2, -0.15) is 4.98 Å². The molecule has 3 aromatic rings. The lowest BCUT2D eigenvalue weighted by molar-refractivity contribution is 0.601. The van der Waals surface area contributed by atoms with Crippen LogP contribution in [0.1, 0.15) is 0 Å². The highest BCUT2D eigenvalue weighted by molar-refractivity contribution is 7.92. The molecule has 2 aromatic heterocycles. The van der Waals surface area contributed by atoms with E-state index < -0.39 is 10.0 Å². The molecule has 1 aromatic carbocycles. The number of sulfonamides is 1. The Labute approximate surface area is 129 Å². The monoisotopic (exact) mass is 343 g/mol. The molecule has 2 heterocycles. The molecule has 7 nitrogen and oxygen atoms in total. The van der Waals surface area contributed by atoms with Crippen LogP contribution in [0.4, 0.5) is 5.95 Å². The van der Waals surface area contributed by atoms with E-state index in [2.05, 4.69) is 19.8 Å². The van der Waals surface area contributed by atoms with Crippen molar-refractivity contribution in [3.8, 4) is 0 Å². The van der Waals surface area contributed by atoms with E-state index in [1.807, 2.05) is 0 Å². The standard InChI is InChI=1S/C11H7Cl2N5O2S/c12-7-2-3-8(13)9(6-7)21(19,20)17-10-15-11-14-4-1-5-18(11)16-10/h1-6H,(H,16,17). The Hall–Kier alpha value is -1.90. The van der Waals surface area contributed by atoms with Gasteiger partial charge in [-0.1, -0.05) is 23.2 Å². The van der Waals surface area contributed by atoms with Crippen LogP contribution in [0.2, 0.25) is 10.0 Å². The summed E-state index contributed by atoms with van der Waals surface area (Å²) in [6.45, 7) is 0. The van der Waals surface area contributed by atoms with E-state index in [-0.39, 0.29) is 26.7 Å². The van der Waals surface area contributed by atoms with E-state index >= 15 is 0 Å². The highest BCUT2D eigenvalue weighted by atomic mass is 35.5. The molecule has 21 heavy (non-hydrogen) atoms. The van der Waals surface area contributed by atoms with Crippen LogP contribution >= 0.6 is 23.2 Å². The van der Waals surface area contributed by atoms with Crippen molar-refractivity contribution < 1.29 is 8.42 Å². The average molecular weight is 344 g/mol. The number of aromatic nitrogens is 4. The van der Waals surface area contributed by atoms with Crippen LogP contribution in [0.3, 0.4) is 0 Å². The number of rotatable bonds is 3. The number of nitrogens with one attached hydrogen (secondary N) is 1. The second-order valence-electron chi connectivity index (χ2n) is 3.98. The molecular weight excluding hydrogens is 337 g/mol. The summed E-state index contributed by atoms with van der Waals surface area (Å²) in [6.07, 6.45) is 3.12. The third-order valence-electron chi connectivity index (χ3n) is 2.53. The van der Waals surface area contributed by atoms with Gasteiger partial charge in [0.1, 0.15) is 4.90 Å². The summed E-state index contributed by atoms with van der Waals surface area (Å²) < 4.78 is 28.2. The van der Waals surface area contributed by atoms with Crippen molar-refractivity contribution in [2.24, 2.45) is 0 Å². The molecule has 0 atom stereocenters. The lowest BCUT2D eigenvalue weighted by Gasteiger charge is -2.06. The van der Waals surface area contributed by atoms with E-state index in [1.165, 1.54) is 28.9 Å². The zero-order valence-electron chi connectivity index (χ0n) is 10.2. The summed E-state index contributed by atoms with van der Waals surface area (Å²) in [5.41, 5.74) is 0.